The Labute approximate surface area is 364 Å². The van der Waals surface area contributed by atoms with E-state index in [1.165, 1.54) is 109 Å². The molecule has 0 saturated carbocycles. The first-order valence-electron chi connectivity index (χ1n) is 24.8. The monoisotopic (exact) mass is 825 g/mol. The molecule has 0 aromatic rings. The van der Waals surface area contributed by atoms with Crippen molar-refractivity contribution in [1.29, 1.82) is 0 Å². The molecule has 0 N–H and O–H groups in total. The van der Waals surface area contributed by atoms with Crippen LogP contribution < -0.4 is 0 Å². The average Bonchev–Trinajstić information content (AvgIpc) is 3.23. The smallest absolute Gasteiger partial charge is 0.306 e. The molecule has 0 fully saturated rings. The highest BCUT2D eigenvalue weighted by molar-refractivity contribution is 5.71. The number of allylic oxidation sites excluding steroid dienone is 10. The number of carbonyl (C=O) groups excluding carboxylic acids is 3. The van der Waals surface area contributed by atoms with Gasteiger partial charge in [0.25, 0.3) is 0 Å². The van der Waals surface area contributed by atoms with Crippen LogP contribution >= 0.6 is 0 Å². The Morgan fingerprint density at radius 3 is 1.08 bits per heavy atom. The summed E-state index contributed by atoms with van der Waals surface area (Å²) in [6.07, 6.45) is 57.7. The van der Waals surface area contributed by atoms with Crippen LogP contribution in [-0.4, -0.2) is 37.2 Å². The lowest BCUT2D eigenvalue weighted by molar-refractivity contribution is -0.167. The molecule has 0 bridgehead atoms. The van der Waals surface area contributed by atoms with Gasteiger partial charge in [-0.2, -0.15) is 0 Å². The van der Waals surface area contributed by atoms with Crippen molar-refractivity contribution < 1.29 is 28.6 Å². The number of hydrogen-bond acceptors (Lipinski definition) is 6. The molecular formula is C53H92O6. The average molecular weight is 825 g/mol. The molecule has 0 rings (SSSR count). The van der Waals surface area contributed by atoms with Crippen molar-refractivity contribution in [2.75, 3.05) is 13.2 Å². The molecular weight excluding hydrogens is 733 g/mol. The van der Waals surface area contributed by atoms with Crippen LogP contribution in [0.4, 0.5) is 0 Å². The standard InChI is InChI=1S/C53H92O6/c1-4-7-10-13-16-19-22-24-26-28-31-34-37-40-43-46-52(55)58-49-50(48-57-51(54)45-42-39-36-33-30-21-18-15-12-9-6-3)59-53(56)47-44-41-38-35-32-29-27-25-23-20-17-14-11-8-5-2/h15-16,18-19,24-27,31,34,50H,4-14,17,20-23,28-30,32-33,35-49H2,1-3H3/b18-15-,19-16-,26-24-,27-25-,34-31-/t50-/m1/s1. The topological polar surface area (TPSA) is 78.9 Å². The van der Waals surface area contributed by atoms with Gasteiger partial charge in [-0.1, -0.05) is 178 Å². The van der Waals surface area contributed by atoms with Gasteiger partial charge in [0.05, 0.1) is 0 Å². The lowest BCUT2D eigenvalue weighted by Gasteiger charge is -2.18. The van der Waals surface area contributed by atoms with Crippen molar-refractivity contribution in [3.8, 4) is 0 Å². The Morgan fingerprint density at radius 1 is 0.339 bits per heavy atom. The summed E-state index contributed by atoms with van der Waals surface area (Å²) in [5.41, 5.74) is 0. The molecule has 0 aliphatic rings. The van der Waals surface area contributed by atoms with Gasteiger partial charge in [-0.15, -0.1) is 0 Å². The second kappa shape index (κ2) is 47.8. The molecule has 0 saturated heterocycles. The molecule has 0 aromatic carbocycles. The summed E-state index contributed by atoms with van der Waals surface area (Å²) < 4.78 is 16.7. The zero-order valence-corrected chi connectivity index (χ0v) is 38.8. The second-order valence-electron chi connectivity index (χ2n) is 16.4. The van der Waals surface area contributed by atoms with Crippen molar-refractivity contribution in [3.05, 3.63) is 60.8 Å². The van der Waals surface area contributed by atoms with Crippen molar-refractivity contribution >= 4 is 17.9 Å². The maximum atomic E-state index is 12.8. The zero-order chi connectivity index (χ0) is 43.0. The van der Waals surface area contributed by atoms with E-state index in [4.69, 9.17) is 14.2 Å². The van der Waals surface area contributed by atoms with Gasteiger partial charge >= 0.3 is 17.9 Å². The van der Waals surface area contributed by atoms with Crippen LogP contribution in [-0.2, 0) is 28.6 Å². The van der Waals surface area contributed by atoms with Crippen LogP contribution in [0.1, 0.15) is 239 Å². The molecule has 0 unspecified atom stereocenters. The molecule has 0 amide bonds. The quantitative estimate of drug-likeness (QED) is 0.0263. The van der Waals surface area contributed by atoms with Crippen molar-refractivity contribution in [3.63, 3.8) is 0 Å². The predicted octanol–water partition coefficient (Wildman–Crippen LogP) is 16.1. The number of esters is 3. The minimum atomic E-state index is -0.795. The number of hydrogen-bond donors (Lipinski definition) is 0. The van der Waals surface area contributed by atoms with Crippen molar-refractivity contribution in [1.82, 2.24) is 0 Å². The lowest BCUT2D eigenvalue weighted by Crippen LogP contribution is -2.30. The van der Waals surface area contributed by atoms with E-state index in [9.17, 15) is 14.4 Å². The van der Waals surface area contributed by atoms with E-state index in [1.807, 2.05) is 0 Å². The maximum absolute atomic E-state index is 12.8. The van der Waals surface area contributed by atoms with Gasteiger partial charge in [0.1, 0.15) is 13.2 Å². The van der Waals surface area contributed by atoms with E-state index in [0.29, 0.717) is 19.3 Å². The van der Waals surface area contributed by atoms with Crippen LogP contribution in [0.2, 0.25) is 0 Å². The minimum Gasteiger partial charge on any atom is -0.462 e. The molecule has 0 radical (unpaired) electrons. The lowest BCUT2D eigenvalue weighted by atomic mass is 10.1. The van der Waals surface area contributed by atoms with Gasteiger partial charge in [-0.25, -0.2) is 0 Å². The number of rotatable bonds is 44. The Balaban J connectivity index is 4.46. The van der Waals surface area contributed by atoms with Gasteiger partial charge in [0, 0.05) is 19.3 Å². The van der Waals surface area contributed by atoms with Crippen LogP contribution in [0.25, 0.3) is 0 Å². The molecule has 0 aliphatic heterocycles. The summed E-state index contributed by atoms with van der Waals surface area (Å²) in [6.45, 7) is 6.51. The zero-order valence-electron chi connectivity index (χ0n) is 38.8. The third kappa shape index (κ3) is 46.0. The molecule has 0 aliphatic carbocycles. The third-order valence-corrected chi connectivity index (χ3v) is 10.5. The van der Waals surface area contributed by atoms with Crippen molar-refractivity contribution in [2.45, 2.75) is 245 Å². The summed E-state index contributed by atoms with van der Waals surface area (Å²) in [5, 5.41) is 0. The first-order chi connectivity index (χ1) is 29.0. The Bertz CT molecular complexity index is 1090. The highest BCUT2D eigenvalue weighted by Gasteiger charge is 2.19. The van der Waals surface area contributed by atoms with Crippen LogP contribution in [0.15, 0.2) is 60.8 Å². The Hall–Kier alpha value is -2.89. The fourth-order valence-corrected chi connectivity index (χ4v) is 6.66. The molecule has 0 heterocycles. The summed E-state index contributed by atoms with van der Waals surface area (Å²) in [4.78, 5) is 37.8. The van der Waals surface area contributed by atoms with Gasteiger partial charge in [-0.05, 0) is 103 Å². The third-order valence-electron chi connectivity index (χ3n) is 10.5. The molecule has 0 aromatic heterocycles. The Kier molecular flexibility index (Phi) is 45.4. The number of unbranched alkanes of at least 4 members (excludes halogenated alkanes) is 23. The maximum Gasteiger partial charge on any atom is 0.306 e. The summed E-state index contributed by atoms with van der Waals surface area (Å²) in [6, 6.07) is 0. The fraction of sp³-hybridized carbons (Fsp3) is 0.755. The summed E-state index contributed by atoms with van der Waals surface area (Å²) in [7, 11) is 0. The van der Waals surface area contributed by atoms with E-state index in [-0.39, 0.29) is 31.1 Å². The second-order valence-corrected chi connectivity index (χ2v) is 16.4. The van der Waals surface area contributed by atoms with Crippen LogP contribution in [0.3, 0.4) is 0 Å². The fourth-order valence-electron chi connectivity index (χ4n) is 6.66. The summed E-state index contributed by atoms with van der Waals surface area (Å²) >= 11 is 0. The molecule has 0 spiro atoms. The van der Waals surface area contributed by atoms with Crippen LogP contribution in [0, 0.1) is 0 Å². The Morgan fingerprint density at radius 2 is 0.627 bits per heavy atom. The molecule has 6 nitrogen and oxygen atoms in total. The van der Waals surface area contributed by atoms with E-state index in [2.05, 4.69) is 81.5 Å². The molecule has 59 heavy (non-hydrogen) atoms. The van der Waals surface area contributed by atoms with E-state index in [1.54, 1.807) is 0 Å². The summed E-state index contributed by atoms with van der Waals surface area (Å²) in [5.74, 6) is -0.951. The predicted molar refractivity (Wildman–Crippen MR) is 251 cm³/mol. The number of carbonyl (C=O) groups is 3. The van der Waals surface area contributed by atoms with Crippen LogP contribution in [0.5, 0.6) is 0 Å². The molecule has 340 valence electrons. The molecule has 1 atom stereocenters. The minimum absolute atomic E-state index is 0.0942. The highest BCUT2D eigenvalue weighted by Crippen LogP contribution is 2.13. The first kappa shape index (κ1) is 56.1. The van der Waals surface area contributed by atoms with Gasteiger partial charge in [0.2, 0.25) is 0 Å². The highest BCUT2D eigenvalue weighted by atomic mass is 16.6. The van der Waals surface area contributed by atoms with Gasteiger partial charge < -0.3 is 14.2 Å². The normalized spacial score (nSPS) is 12.5. The largest absolute Gasteiger partial charge is 0.462 e. The SMILES string of the molecule is CCCC/C=C\CCCCCCCC(=O)OC[C@H](COC(=O)CCCC/C=C\C/C=C\C/C=C\CCCCC)OC(=O)CCCCCCC/C=C\CCCCCCCC. The first-order valence-corrected chi connectivity index (χ1v) is 24.8. The van der Waals surface area contributed by atoms with Gasteiger partial charge in [0.15, 0.2) is 6.10 Å². The van der Waals surface area contributed by atoms with E-state index < -0.39 is 6.10 Å². The van der Waals surface area contributed by atoms with Gasteiger partial charge in [-0.3, -0.25) is 14.4 Å². The van der Waals surface area contributed by atoms with E-state index in [0.717, 1.165) is 89.9 Å². The van der Waals surface area contributed by atoms with Crippen molar-refractivity contribution in [2.24, 2.45) is 0 Å². The van der Waals surface area contributed by atoms with E-state index >= 15 is 0 Å². The molecule has 6 heteroatoms. The number of ether oxygens (including phenoxy) is 3.